The third-order valence-corrected chi connectivity index (χ3v) is 3.80. The van der Waals surface area contributed by atoms with Crippen LogP contribution in [0.4, 0.5) is 0 Å². The number of ether oxygens (including phenoxy) is 1. The highest BCUT2D eigenvalue weighted by Crippen LogP contribution is 2.39. The summed E-state index contributed by atoms with van der Waals surface area (Å²) in [5.41, 5.74) is 5.64. The molecule has 1 saturated carbocycles. The van der Waals surface area contributed by atoms with Gasteiger partial charge < -0.3 is 15.8 Å². The minimum atomic E-state index is -0.307. The molecule has 4 nitrogen and oxygen atoms in total. The molecule has 0 spiro atoms. The summed E-state index contributed by atoms with van der Waals surface area (Å²) < 4.78 is 5.92. The van der Waals surface area contributed by atoms with E-state index in [1.807, 2.05) is 0 Å². The number of nitrogens with one attached hydrogen (secondary N) is 1. The maximum atomic E-state index is 11.1. The van der Waals surface area contributed by atoms with E-state index < -0.39 is 0 Å². The zero-order valence-electron chi connectivity index (χ0n) is 12.2. The predicted molar refractivity (Wildman–Crippen MR) is 73.2 cm³/mol. The van der Waals surface area contributed by atoms with E-state index in [1.54, 1.807) is 7.05 Å². The first-order valence-electron chi connectivity index (χ1n) is 6.92. The lowest BCUT2D eigenvalue weighted by Crippen LogP contribution is -2.40. The summed E-state index contributed by atoms with van der Waals surface area (Å²) in [7, 11) is 1.75. The highest BCUT2D eigenvalue weighted by atomic mass is 16.5. The number of carbonyl (C=O) groups is 1. The maximum absolute atomic E-state index is 11.1. The number of hydrogen-bond acceptors (Lipinski definition) is 3. The molecule has 0 bridgehead atoms. The van der Waals surface area contributed by atoms with Crippen molar-refractivity contribution in [2.75, 3.05) is 13.7 Å². The number of rotatable bonds is 6. The molecule has 4 heteroatoms. The summed E-state index contributed by atoms with van der Waals surface area (Å²) in [6.45, 7) is 7.50. The second-order valence-corrected chi connectivity index (χ2v) is 6.44. The monoisotopic (exact) mass is 256 g/mol. The summed E-state index contributed by atoms with van der Waals surface area (Å²) >= 11 is 0. The van der Waals surface area contributed by atoms with E-state index in [0.29, 0.717) is 24.5 Å². The van der Waals surface area contributed by atoms with Gasteiger partial charge in [-0.05, 0) is 44.1 Å². The highest BCUT2D eigenvalue weighted by molar-refractivity contribution is 5.79. The number of nitrogens with two attached hydrogens (primary N) is 1. The number of amides is 1. The molecule has 106 valence electrons. The van der Waals surface area contributed by atoms with Crippen LogP contribution in [0.5, 0.6) is 0 Å². The van der Waals surface area contributed by atoms with E-state index in [2.05, 4.69) is 26.1 Å². The van der Waals surface area contributed by atoms with Crippen LogP contribution in [-0.2, 0) is 9.53 Å². The lowest BCUT2D eigenvalue weighted by atomic mass is 9.71. The molecule has 0 aromatic rings. The van der Waals surface area contributed by atoms with Crippen molar-refractivity contribution >= 4 is 5.91 Å². The van der Waals surface area contributed by atoms with Crippen molar-refractivity contribution in [2.24, 2.45) is 17.1 Å². The zero-order valence-corrected chi connectivity index (χ0v) is 12.2. The van der Waals surface area contributed by atoms with Crippen LogP contribution in [0.15, 0.2) is 0 Å². The molecule has 0 aromatic heterocycles. The first kappa shape index (κ1) is 15.4. The lowest BCUT2D eigenvalue weighted by Gasteiger charge is -2.38. The van der Waals surface area contributed by atoms with Gasteiger partial charge >= 0.3 is 0 Å². The second kappa shape index (κ2) is 6.53. The van der Waals surface area contributed by atoms with E-state index in [-0.39, 0.29) is 11.9 Å². The largest absolute Gasteiger partial charge is 0.378 e. The Kier molecular flexibility index (Phi) is 5.60. The Morgan fingerprint density at radius 1 is 1.50 bits per heavy atom. The molecule has 0 aromatic carbocycles. The van der Waals surface area contributed by atoms with Crippen molar-refractivity contribution < 1.29 is 9.53 Å². The normalized spacial score (nSPS) is 28.9. The van der Waals surface area contributed by atoms with Gasteiger partial charge in [-0.3, -0.25) is 4.79 Å². The van der Waals surface area contributed by atoms with Crippen LogP contribution in [0.3, 0.4) is 0 Å². The third-order valence-electron chi connectivity index (χ3n) is 3.80. The van der Waals surface area contributed by atoms with Crippen molar-refractivity contribution in [3.05, 3.63) is 0 Å². The van der Waals surface area contributed by atoms with Gasteiger partial charge in [0.1, 0.15) is 0 Å². The second-order valence-electron chi connectivity index (χ2n) is 6.44. The van der Waals surface area contributed by atoms with Gasteiger partial charge in [0.05, 0.1) is 12.1 Å². The fourth-order valence-corrected chi connectivity index (χ4v) is 3.17. The quantitative estimate of drug-likeness (QED) is 0.760. The summed E-state index contributed by atoms with van der Waals surface area (Å²) in [6.07, 6.45) is 4.49. The van der Waals surface area contributed by atoms with Gasteiger partial charge in [-0.25, -0.2) is 0 Å². The van der Waals surface area contributed by atoms with Crippen LogP contribution in [0.25, 0.3) is 0 Å². The SMILES string of the molecule is CNC(CCOC1CC(C)CC(C)(C)C1)C(N)=O. The van der Waals surface area contributed by atoms with Crippen molar-refractivity contribution in [2.45, 2.75) is 58.6 Å². The van der Waals surface area contributed by atoms with Crippen molar-refractivity contribution in [1.29, 1.82) is 0 Å². The van der Waals surface area contributed by atoms with Gasteiger partial charge in [0, 0.05) is 6.61 Å². The predicted octanol–water partition coefficient (Wildman–Crippen LogP) is 1.68. The van der Waals surface area contributed by atoms with Gasteiger partial charge in [-0.1, -0.05) is 20.8 Å². The van der Waals surface area contributed by atoms with E-state index in [0.717, 1.165) is 18.8 Å². The van der Waals surface area contributed by atoms with Crippen LogP contribution >= 0.6 is 0 Å². The molecule has 0 saturated heterocycles. The Labute approximate surface area is 111 Å². The molecule has 1 fully saturated rings. The van der Waals surface area contributed by atoms with E-state index in [4.69, 9.17) is 10.5 Å². The summed E-state index contributed by atoms with van der Waals surface area (Å²) in [5.74, 6) is 0.411. The van der Waals surface area contributed by atoms with Crippen LogP contribution in [0, 0.1) is 11.3 Å². The molecule has 1 rings (SSSR count). The van der Waals surface area contributed by atoms with E-state index >= 15 is 0 Å². The van der Waals surface area contributed by atoms with Crippen LogP contribution in [0.1, 0.15) is 46.5 Å². The number of likely N-dealkylation sites (N-methyl/N-ethyl adjacent to an activating group) is 1. The molecule has 1 aliphatic rings. The Morgan fingerprint density at radius 2 is 2.17 bits per heavy atom. The van der Waals surface area contributed by atoms with Crippen molar-refractivity contribution in [3.8, 4) is 0 Å². The zero-order chi connectivity index (χ0) is 13.8. The smallest absolute Gasteiger partial charge is 0.234 e. The summed E-state index contributed by atoms with van der Waals surface area (Å²) in [4.78, 5) is 11.1. The Morgan fingerprint density at radius 3 is 2.67 bits per heavy atom. The molecule has 18 heavy (non-hydrogen) atoms. The number of hydrogen-bond donors (Lipinski definition) is 2. The average molecular weight is 256 g/mol. The number of carbonyl (C=O) groups excluding carboxylic acids is 1. The average Bonchev–Trinajstić information content (AvgIpc) is 2.20. The molecule has 0 radical (unpaired) electrons. The van der Waals surface area contributed by atoms with Crippen molar-refractivity contribution in [1.82, 2.24) is 5.32 Å². The first-order chi connectivity index (χ1) is 8.34. The minimum Gasteiger partial charge on any atom is -0.378 e. The highest BCUT2D eigenvalue weighted by Gasteiger charge is 2.32. The van der Waals surface area contributed by atoms with Gasteiger partial charge in [0.25, 0.3) is 0 Å². The topological polar surface area (TPSA) is 64.3 Å². The van der Waals surface area contributed by atoms with E-state index in [1.165, 1.54) is 6.42 Å². The molecule has 3 N–H and O–H groups in total. The molecule has 3 atom stereocenters. The van der Waals surface area contributed by atoms with Gasteiger partial charge in [-0.15, -0.1) is 0 Å². The van der Waals surface area contributed by atoms with E-state index in [9.17, 15) is 4.79 Å². The van der Waals surface area contributed by atoms with Gasteiger partial charge in [-0.2, -0.15) is 0 Å². The van der Waals surface area contributed by atoms with Crippen molar-refractivity contribution in [3.63, 3.8) is 0 Å². The molecular formula is C14H28N2O2. The molecule has 1 amide bonds. The van der Waals surface area contributed by atoms with Crippen LogP contribution in [0.2, 0.25) is 0 Å². The Bertz CT molecular complexity index is 279. The fourth-order valence-electron chi connectivity index (χ4n) is 3.17. The molecule has 0 heterocycles. The van der Waals surface area contributed by atoms with Crippen LogP contribution in [-0.4, -0.2) is 31.7 Å². The minimum absolute atomic E-state index is 0.279. The molecule has 0 aliphatic heterocycles. The fraction of sp³-hybridized carbons (Fsp3) is 0.929. The third kappa shape index (κ3) is 4.94. The number of primary amides is 1. The lowest BCUT2D eigenvalue weighted by molar-refractivity contribution is -0.120. The summed E-state index contributed by atoms with van der Waals surface area (Å²) in [6, 6.07) is -0.279. The van der Waals surface area contributed by atoms with Crippen LogP contribution < -0.4 is 11.1 Å². The molecule has 1 aliphatic carbocycles. The van der Waals surface area contributed by atoms with Gasteiger partial charge in [0.15, 0.2) is 0 Å². The molecular weight excluding hydrogens is 228 g/mol. The maximum Gasteiger partial charge on any atom is 0.234 e. The Hall–Kier alpha value is -0.610. The molecule has 3 unspecified atom stereocenters. The Balaban J connectivity index is 2.32. The standard InChI is InChI=1S/C14H28N2O2/c1-10-7-11(9-14(2,3)8-10)18-6-5-12(16-4)13(15)17/h10-12,16H,5-9H2,1-4H3,(H2,15,17). The first-order valence-corrected chi connectivity index (χ1v) is 6.92. The van der Waals surface area contributed by atoms with Gasteiger partial charge in [0.2, 0.25) is 5.91 Å². The summed E-state index contributed by atoms with van der Waals surface area (Å²) in [5, 5.41) is 2.91.